The fourth-order valence-corrected chi connectivity index (χ4v) is 4.49. The molecule has 0 radical (unpaired) electrons. The molecule has 1 heterocycles. The third kappa shape index (κ3) is 7.33. The van der Waals surface area contributed by atoms with Crippen molar-refractivity contribution in [2.24, 2.45) is 16.8 Å². The molecule has 0 aromatic carbocycles. The van der Waals surface area contributed by atoms with E-state index in [2.05, 4.69) is 41.1 Å². The van der Waals surface area contributed by atoms with Crippen LogP contribution in [0.4, 0.5) is 0 Å². The number of aliphatic imine (C=N–C) groups is 1. The Bertz CT molecular complexity index is 450. The maximum absolute atomic E-state index is 5.72. The van der Waals surface area contributed by atoms with E-state index in [-0.39, 0.29) is 29.5 Å². The van der Waals surface area contributed by atoms with Gasteiger partial charge in [-0.25, -0.2) is 0 Å². The van der Waals surface area contributed by atoms with Crippen molar-refractivity contribution in [3.63, 3.8) is 0 Å². The van der Waals surface area contributed by atoms with Crippen LogP contribution >= 0.6 is 24.0 Å². The van der Waals surface area contributed by atoms with Gasteiger partial charge in [0.05, 0.1) is 19.8 Å². The second-order valence-corrected chi connectivity index (χ2v) is 8.39. The maximum Gasteiger partial charge on any atom is 0.193 e. The number of hydrogen-bond donors (Lipinski definition) is 1. The van der Waals surface area contributed by atoms with E-state index in [1.807, 2.05) is 7.05 Å². The summed E-state index contributed by atoms with van der Waals surface area (Å²) in [6, 6.07) is 0. The predicted molar refractivity (Wildman–Crippen MR) is 123 cm³/mol. The van der Waals surface area contributed by atoms with Gasteiger partial charge in [-0.15, -0.1) is 24.0 Å². The van der Waals surface area contributed by atoms with E-state index in [0.717, 1.165) is 38.1 Å². The van der Waals surface area contributed by atoms with Crippen LogP contribution in [0, 0.1) is 11.8 Å². The van der Waals surface area contributed by atoms with Crippen molar-refractivity contribution in [3.05, 3.63) is 0 Å². The normalized spacial score (nSPS) is 29.1. The average molecular weight is 496 g/mol. The number of hydrogen-bond acceptors (Lipinski definition) is 4. The van der Waals surface area contributed by atoms with Gasteiger partial charge in [0.25, 0.3) is 0 Å². The van der Waals surface area contributed by atoms with E-state index in [1.54, 1.807) is 7.11 Å². The molecule has 2 fully saturated rings. The molecule has 0 spiro atoms. The first-order valence-electron chi connectivity index (χ1n) is 10.2. The topological polar surface area (TPSA) is 49.3 Å². The van der Waals surface area contributed by atoms with Crippen LogP contribution in [-0.4, -0.2) is 89.0 Å². The van der Waals surface area contributed by atoms with Crippen LogP contribution in [0.3, 0.4) is 0 Å². The third-order valence-corrected chi connectivity index (χ3v) is 6.17. The lowest BCUT2D eigenvalue weighted by molar-refractivity contribution is 0.0535. The van der Waals surface area contributed by atoms with Crippen LogP contribution in [0.15, 0.2) is 4.99 Å². The van der Waals surface area contributed by atoms with Crippen LogP contribution in [0.5, 0.6) is 0 Å². The van der Waals surface area contributed by atoms with Crippen LogP contribution < -0.4 is 5.32 Å². The van der Waals surface area contributed by atoms with Crippen molar-refractivity contribution in [3.8, 4) is 0 Å². The molecule has 0 aromatic heterocycles. The Hall–Kier alpha value is -0.120. The molecule has 7 heteroatoms. The molecule has 1 saturated heterocycles. The Labute approximate surface area is 183 Å². The van der Waals surface area contributed by atoms with Crippen LogP contribution in [0.25, 0.3) is 0 Å². The lowest BCUT2D eigenvalue weighted by atomic mass is 9.75. The summed E-state index contributed by atoms with van der Waals surface area (Å²) in [5.74, 6) is 2.43. The van der Waals surface area contributed by atoms with Crippen molar-refractivity contribution in [1.82, 2.24) is 15.1 Å². The molecule has 3 unspecified atom stereocenters. The number of nitrogens with zero attached hydrogens (tertiary/aromatic N) is 3. The van der Waals surface area contributed by atoms with E-state index >= 15 is 0 Å². The number of rotatable bonds is 8. The molecule has 27 heavy (non-hydrogen) atoms. The number of guanidine groups is 1. The zero-order valence-electron chi connectivity index (χ0n) is 18.0. The Morgan fingerprint density at radius 3 is 2.70 bits per heavy atom. The molecule has 160 valence electrons. The minimum Gasteiger partial charge on any atom is -0.382 e. The van der Waals surface area contributed by atoms with Crippen LogP contribution in [0.1, 0.15) is 39.0 Å². The molecule has 6 nitrogen and oxygen atoms in total. The summed E-state index contributed by atoms with van der Waals surface area (Å²) in [5.41, 5.74) is 0.246. The lowest BCUT2D eigenvalue weighted by Crippen LogP contribution is -2.56. The summed E-state index contributed by atoms with van der Waals surface area (Å²) >= 11 is 0. The molecule has 1 N–H and O–H groups in total. The summed E-state index contributed by atoms with van der Waals surface area (Å²) in [7, 11) is 8.07. The largest absolute Gasteiger partial charge is 0.382 e. The number of halogens is 1. The number of likely N-dealkylation sites (N-methyl/N-ethyl adjacent to an activating group) is 1. The second-order valence-electron chi connectivity index (χ2n) is 8.39. The highest BCUT2D eigenvalue weighted by Crippen LogP contribution is 2.35. The highest BCUT2D eigenvalue weighted by molar-refractivity contribution is 14.0. The summed E-state index contributed by atoms with van der Waals surface area (Å²) in [6.45, 7) is 7.62. The molecular weight excluding hydrogens is 455 g/mol. The predicted octanol–water partition coefficient (Wildman–Crippen LogP) is 2.68. The highest BCUT2D eigenvalue weighted by atomic mass is 127. The molecule has 0 aromatic rings. The summed E-state index contributed by atoms with van der Waals surface area (Å²) in [6.07, 6.45) is 6.39. The first-order chi connectivity index (χ1) is 12.5. The van der Waals surface area contributed by atoms with E-state index < -0.39 is 0 Å². The average Bonchev–Trinajstić information content (AvgIpc) is 3.08. The number of methoxy groups -OCH3 is 1. The van der Waals surface area contributed by atoms with E-state index in [1.165, 1.54) is 32.1 Å². The molecule has 1 aliphatic heterocycles. The second kappa shape index (κ2) is 12.4. The van der Waals surface area contributed by atoms with Gasteiger partial charge in [0.1, 0.15) is 0 Å². The molecular formula is C20H41IN4O2. The lowest BCUT2D eigenvalue weighted by Gasteiger charge is -2.45. The highest BCUT2D eigenvalue weighted by Gasteiger charge is 2.37. The Balaban J connectivity index is 0.00000364. The number of ether oxygens (including phenoxy) is 2. The summed E-state index contributed by atoms with van der Waals surface area (Å²) in [5, 5.41) is 3.69. The van der Waals surface area contributed by atoms with E-state index in [4.69, 9.17) is 9.47 Å². The number of nitrogens with one attached hydrogen (secondary N) is 1. The molecule has 0 bridgehead atoms. The fraction of sp³-hybridized carbons (Fsp3) is 0.950. The minimum atomic E-state index is 0. The monoisotopic (exact) mass is 496 g/mol. The number of likely N-dealkylation sites (tertiary alicyclic amines) is 1. The standard InChI is InChI=1S/C20H40N4O2.HI/c1-17-7-6-9-20(13-17,23(3)4)16-22-19(21-2)24-10-8-18(14-24)15-26-12-11-25-5;/h17-18H,6-16H2,1-5H3,(H,21,22);1H. The first-order valence-corrected chi connectivity index (χ1v) is 10.2. The van der Waals surface area contributed by atoms with Crippen molar-refractivity contribution in [1.29, 1.82) is 0 Å². The van der Waals surface area contributed by atoms with Gasteiger partial charge in [0.2, 0.25) is 0 Å². The van der Waals surface area contributed by atoms with Crippen molar-refractivity contribution in [2.45, 2.75) is 44.6 Å². The molecule has 1 saturated carbocycles. The molecule has 0 amide bonds. The summed E-state index contributed by atoms with van der Waals surface area (Å²) < 4.78 is 10.8. The zero-order chi connectivity index (χ0) is 19.0. The molecule has 3 atom stereocenters. The van der Waals surface area contributed by atoms with Gasteiger partial charge in [-0.1, -0.05) is 19.8 Å². The fourth-order valence-electron chi connectivity index (χ4n) is 4.49. The minimum absolute atomic E-state index is 0. The van der Waals surface area contributed by atoms with Crippen LogP contribution in [0.2, 0.25) is 0 Å². The van der Waals surface area contributed by atoms with Gasteiger partial charge in [0, 0.05) is 45.2 Å². The van der Waals surface area contributed by atoms with Crippen LogP contribution in [-0.2, 0) is 9.47 Å². The molecule has 2 rings (SSSR count). The third-order valence-electron chi connectivity index (χ3n) is 6.17. The van der Waals surface area contributed by atoms with Gasteiger partial charge >= 0.3 is 0 Å². The summed E-state index contributed by atoms with van der Waals surface area (Å²) in [4.78, 5) is 9.38. The quantitative estimate of drug-likeness (QED) is 0.243. The maximum atomic E-state index is 5.72. The van der Waals surface area contributed by atoms with Gasteiger partial charge < -0.3 is 24.6 Å². The van der Waals surface area contributed by atoms with E-state index in [0.29, 0.717) is 19.1 Å². The smallest absolute Gasteiger partial charge is 0.193 e. The van der Waals surface area contributed by atoms with Crippen molar-refractivity contribution >= 4 is 29.9 Å². The van der Waals surface area contributed by atoms with Gasteiger partial charge in [-0.05, 0) is 39.3 Å². The van der Waals surface area contributed by atoms with Gasteiger partial charge in [0.15, 0.2) is 5.96 Å². The van der Waals surface area contributed by atoms with Gasteiger partial charge in [-0.2, -0.15) is 0 Å². The Morgan fingerprint density at radius 1 is 1.30 bits per heavy atom. The molecule has 1 aliphatic carbocycles. The SMILES string of the molecule is CN=C(NCC1(N(C)C)CCCC(C)C1)N1CCC(COCCOC)C1.I. The Kier molecular flexibility index (Phi) is 11.5. The van der Waals surface area contributed by atoms with E-state index in [9.17, 15) is 0 Å². The first kappa shape index (κ1) is 24.9. The van der Waals surface area contributed by atoms with Crippen molar-refractivity contribution < 1.29 is 9.47 Å². The van der Waals surface area contributed by atoms with Crippen molar-refractivity contribution in [2.75, 3.05) is 67.7 Å². The molecule has 2 aliphatic rings. The zero-order valence-corrected chi connectivity index (χ0v) is 20.3. The van der Waals surface area contributed by atoms with Gasteiger partial charge in [-0.3, -0.25) is 4.99 Å². The Morgan fingerprint density at radius 2 is 2.07 bits per heavy atom.